The number of rotatable bonds is 7. The monoisotopic (exact) mass is 401 g/mol. The van der Waals surface area contributed by atoms with Crippen molar-refractivity contribution >= 4 is 0 Å². The summed E-state index contributed by atoms with van der Waals surface area (Å²) in [6.45, 7) is 4.46. The number of morpholine rings is 1. The third kappa shape index (κ3) is 4.21. The first-order valence-electron chi connectivity index (χ1n) is 9.84. The highest BCUT2D eigenvalue weighted by Crippen LogP contribution is 2.45. The van der Waals surface area contributed by atoms with E-state index in [1.807, 2.05) is 24.3 Å². The molecule has 0 spiro atoms. The number of phenolic OH excluding ortho intramolecular Hbond substituents is 1. The highest BCUT2D eigenvalue weighted by molar-refractivity contribution is 5.56. The van der Waals surface area contributed by atoms with Crippen LogP contribution in [0.15, 0.2) is 30.3 Å². The summed E-state index contributed by atoms with van der Waals surface area (Å²) in [7, 11) is 3.18. The molecule has 2 aliphatic heterocycles. The van der Waals surface area contributed by atoms with Crippen LogP contribution in [0, 0.1) is 0 Å². The van der Waals surface area contributed by atoms with Crippen molar-refractivity contribution in [1.82, 2.24) is 4.90 Å². The molecule has 156 valence electrons. The van der Waals surface area contributed by atoms with Crippen LogP contribution < -0.4 is 18.9 Å². The molecule has 2 aromatic carbocycles. The van der Waals surface area contributed by atoms with E-state index in [1.165, 1.54) is 0 Å². The third-order valence-corrected chi connectivity index (χ3v) is 5.53. The maximum absolute atomic E-state index is 10.8. The zero-order chi connectivity index (χ0) is 20.2. The molecule has 29 heavy (non-hydrogen) atoms. The van der Waals surface area contributed by atoms with Crippen LogP contribution in [-0.2, 0) is 4.74 Å². The molecule has 1 N–H and O–H groups in total. The summed E-state index contributed by atoms with van der Waals surface area (Å²) in [5.74, 6) is 2.71. The van der Waals surface area contributed by atoms with Crippen molar-refractivity contribution < 1.29 is 28.8 Å². The molecule has 2 aliphatic rings. The van der Waals surface area contributed by atoms with Crippen molar-refractivity contribution in [2.24, 2.45) is 0 Å². The number of aromatic hydroxyl groups is 1. The van der Waals surface area contributed by atoms with E-state index < -0.39 is 0 Å². The number of phenols is 1. The zero-order valence-electron chi connectivity index (χ0n) is 16.8. The van der Waals surface area contributed by atoms with E-state index in [0.29, 0.717) is 11.5 Å². The first-order valence-corrected chi connectivity index (χ1v) is 9.84. The Morgan fingerprint density at radius 1 is 1.03 bits per heavy atom. The van der Waals surface area contributed by atoms with Gasteiger partial charge in [-0.1, -0.05) is 6.07 Å². The lowest BCUT2D eigenvalue weighted by Crippen LogP contribution is -2.37. The van der Waals surface area contributed by atoms with Gasteiger partial charge in [0.15, 0.2) is 11.5 Å². The quantitative estimate of drug-likeness (QED) is 0.765. The van der Waals surface area contributed by atoms with Crippen molar-refractivity contribution in [2.45, 2.75) is 12.3 Å². The number of nitrogens with zero attached hydrogens (tertiary/aromatic N) is 1. The fraction of sp³-hybridized carbons (Fsp3) is 0.455. The van der Waals surface area contributed by atoms with Crippen LogP contribution in [0.25, 0.3) is 0 Å². The van der Waals surface area contributed by atoms with Gasteiger partial charge in [0.25, 0.3) is 0 Å². The average molecular weight is 401 g/mol. The minimum atomic E-state index is -0.0757. The lowest BCUT2D eigenvalue weighted by atomic mass is 9.86. The topological polar surface area (TPSA) is 69.6 Å². The molecule has 0 amide bonds. The Labute approximate surface area is 170 Å². The lowest BCUT2D eigenvalue weighted by molar-refractivity contribution is 0.0369. The molecule has 7 nitrogen and oxygen atoms in total. The maximum Gasteiger partial charge on any atom is 0.231 e. The summed E-state index contributed by atoms with van der Waals surface area (Å²) in [6.07, 6.45) is 0.815. The fourth-order valence-corrected chi connectivity index (χ4v) is 3.97. The lowest BCUT2D eigenvalue weighted by Gasteiger charge is -2.29. The Bertz CT molecular complexity index is 849. The fourth-order valence-electron chi connectivity index (χ4n) is 3.97. The van der Waals surface area contributed by atoms with Gasteiger partial charge in [-0.25, -0.2) is 0 Å². The van der Waals surface area contributed by atoms with E-state index in [2.05, 4.69) is 4.90 Å². The number of ether oxygens (including phenoxy) is 5. The van der Waals surface area contributed by atoms with Crippen molar-refractivity contribution in [3.8, 4) is 28.7 Å². The van der Waals surface area contributed by atoms with Crippen LogP contribution >= 0.6 is 0 Å². The number of fused-ring (bicyclic) bond motifs is 1. The molecule has 0 radical (unpaired) electrons. The molecule has 7 heteroatoms. The van der Waals surface area contributed by atoms with Crippen LogP contribution in [0.2, 0.25) is 0 Å². The zero-order valence-corrected chi connectivity index (χ0v) is 16.8. The summed E-state index contributed by atoms with van der Waals surface area (Å²) in [5.41, 5.74) is 1.79. The van der Waals surface area contributed by atoms with Crippen molar-refractivity contribution in [2.75, 3.05) is 53.9 Å². The molecule has 1 atom stereocenters. The average Bonchev–Trinajstić information content (AvgIpc) is 3.23. The molecule has 4 rings (SSSR count). The molecule has 0 saturated carbocycles. The van der Waals surface area contributed by atoms with Crippen LogP contribution in [0.4, 0.5) is 0 Å². The van der Waals surface area contributed by atoms with Gasteiger partial charge in [0.05, 0.1) is 27.4 Å². The van der Waals surface area contributed by atoms with Gasteiger partial charge in [-0.3, -0.25) is 4.90 Å². The number of hydrogen-bond acceptors (Lipinski definition) is 7. The maximum atomic E-state index is 10.8. The second-order valence-electron chi connectivity index (χ2n) is 7.17. The van der Waals surface area contributed by atoms with Crippen molar-refractivity contribution in [1.29, 1.82) is 0 Å². The Morgan fingerprint density at radius 2 is 1.83 bits per heavy atom. The second-order valence-corrected chi connectivity index (χ2v) is 7.17. The summed E-state index contributed by atoms with van der Waals surface area (Å²) in [5, 5.41) is 10.8. The highest BCUT2D eigenvalue weighted by atomic mass is 16.7. The van der Waals surface area contributed by atoms with Crippen molar-refractivity contribution in [3.05, 3.63) is 41.5 Å². The number of methoxy groups -OCH3 is 2. The van der Waals surface area contributed by atoms with Crippen molar-refractivity contribution in [3.63, 3.8) is 0 Å². The SMILES string of the molecule is COc1cc(O)c([C@H](CCN2CCOCC2)c2ccc3c(c2)OCO3)c(OC)c1. The first kappa shape index (κ1) is 19.7. The number of benzene rings is 2. The third-order valence-electron chi connectivity index (χ3n) is 5.53. The van der Waals surface area contributed by atoms with Crippen LogP contribution in [-0.4, -0.2) is 63.9 Å². The van der Waals surface area contributed by atoms with Gasteiger partial charge < -0.3 is 28.8 Å². The second kappa shape index (κ2) is 8.80. The predicted octanol–water partition coefficient (Wildman–Crippen LogP) is 2.99. The molecule has 0 aromatic heterocycles. The minimum absolute atomic E-state index is 0.0757. The summed E-state index contributed by atoms with van der Waals surface area (Å²) < 4.78 is 27.4. The van der Waals surface area contributed by atoms with Gasteiger partial charge in [0, 0.05) is 36.7 Å². The van der Waals surface area contributed by atoms with E-state index in [0.717, 1.165) is 61.9 Å². The largest absolute Gasteiger partial charge is 0.507 e. The van der Waals surface area contributed by atoms with Crippen LogP contribution in [0.3, 0.4) is 0 Å². The first-order chi connectivity index (χ1) is 14.2. The van der Waals surface area contributed by atoms with Crippen LogP contribution in [0.5, 0.6) is 28.7 Å². The van der Waals surface area contributed by atoms with Gasteiger partial charge in [-0.2, -0.15) is 0 Å². The predicted molar refractivity (Wildman–Crippen MR) is 107 cm³/mol. The van der Waals surface area contributed by atoms with Gasteiger partial charge in [-0.05, 0) is 30.7 Å². The van der Waals surface area contributed by atoms with E-state index >= 15 is 0 Å². The van der Waals surface area contributed by atoms with E-state index in [4.69, 9.17) is 23.7 Å². The normalized spacial score (nSPS) is 17.2. The summed E-state index contributed by atoms with van der Waals surface area (Å²) in [6, 6.07) is 9.39. The van der Waals surface area contributed by atoms with E-state index in [9.17, 15) is 5.11 Å². The van der Waals surface area contributed by atoms with E-state index in [-0.39, 0.29) is 18.5 Å². The molecule has 1 fully saturated rings. The van der Waals surface area contributed by atoms with Gasteiger partial charge >= 0.3 is 0 Å². The standard InChI is InChI=1S/C22H27NO6/c1-25-16-12-18(24)22(21(13-16)26-2)17(5-6-23-7-9-27-10-8-23)15-3-4-19-20(11-15)29-14-28-19/h3-4,11-13,17,24H,5-10,14H2,1-2H3/t17-/m1/s1. The molecule has 2 aromatic rings. The molecule has 2 heterocycles. The summed E-state index contributed by atoms with van der Waals surface area (Å²) >= 11 is 0. The smallest absolute Gasteiger partial charge is 0.231 e. The highest BCUT2D eigenvalue weighted by Gasteiger charge is 2.26. The Kier molecular flexibility index (Phi) is 5.97. The molecular formula is C22H27NO6. The van der Waals surface area contributed by atoms with Gasteiger partial charge in [-0.15, -0.1) is 0 Å². The molecule has 0 unspecified atom stereocenters. The van der Waals surface area contributed by atoms with Crippen LogP contribution in [0.1, 0.15) is 23.5 Å². The molecule has 0 aliphatic carbocycles. The Morgan fingerprint density at radius 3 is 2.59 bits per heavy atom. The van der Waals surface area contributed by atoms with E-state index in [1.54, 1.807) is 20.3 Å². The summed E-state index contributed by atoms with van der Waals surface area (Å²) in [4.78, 5) is 2.39. The van der Waals surface area contributed by atoms with Gasteiger partial charge in [0.2, 0.25) is 6.79 Å². The number of hydrogen-bond donors (Lipinski definition) is 1. The Balaban J connectivity index is 1.70. The minimum Gasteiger partial charge on any atom is -0.507 e. The Hall–Kier alpha value is -2.64. The van der Waals surface area contributed by atoms with Gasteiger partial charge in [0.1, 0.15) is 17.2 Å². The molecular weight excluding hydrogens is 374 g/mol. The molecule has 0 bridgehead atoms. The molecule has 1 saturated heterocycles.